The molecule has 0 bridgehead atoms. The molecule has 170 valence electrons. The fourth-order valence-corrected chi connectivity index (χ4v) is 4.35. The number of likely N-dealkylation sites (tertiary alicyclic amines) is 1. The smallest absolute Gasteiger partial charge is 0.298 e. The first-order valence-electron chi connectivity index (χ1n) is 11.2. The molecule has 4 aromatic rings. The fraction of sp³-hybridized carbons (Fsp3) is 0.231. The molecule has 1 aliphatic heterocycles. The van der Waals surface area contributed by atoms with Gasteiger partial charge < -0.3 is 15.0 Å². The van der Waals surface area contributed by atoms with Crippen molar-refractivity contribution in [3.05, 3.63) is 60.9 Å². The molecule has 8 heteroatoms. The maximum atomic E-state index is 12.1. The molecule has 0 spiro atoms. The van der Waals surface area contributed by atoms with E-state index in [1.54, 1.807) is 4.90 Å². The van der Waals surface area contributed by atoms with Crippen molar-refractivity contribution in [1.29, 1.82) is 0 Å². The molecule has 2 aromatic carbocycles. The van der Waals surface area contributed by atoms with Gasteiger partial charge >= 0.3 is 0 Å². The molecule has 1 saturated heterocycles. The summed E-state index contributed by atoms with van der Waals surface area (Å²) in [6, 6.07) is 17.4. The van der Waals surface area contributed by atoms with Gasteiger partial charge in [-0.25, -0.2) is 14.6 Å². The lowest BCUT2D eigenvalue weighted by molar-refractivity contribution is -0.126. The van der Waals surface area contributed by atoms with Gasteiger partial charge in [0.1, 0.15) is 29.3 Å². The Morgan fingerprint density at radius 2 is 1.88 bits per heavy atom. The first kappa shape index (κ1) is 21.5. The lowest BCUT2D eigenvalue weighted by Crippen LogP contribution is -2.40. The third-order valence-electron chi connectivity index (χ3n) is 5.99. The second-order valence-corrected chi connectivity index (χ2v) is 8.10. The minimum absolute atomic E-state index is 0.0254. The number of para-hydroxylation sites is 1. The highest BCUT2D eigenvalue weighted by Gasteiger charge is 2.28. The van der Waals surface area contributed by atoms with Gasteiger partial charge in [-0.15, -0.1) is 6.42 Å². The van der Waals surface area contributed by atoms with Crippen LogP contribution in [0.5, 0.6) is 11.5 Å². The van der Waals surface area contributed by atoms with E-state index in [1.165, 1.54) is 6.33 Å². The number of terminal acetylenes is 1. The summed E-state index contributed by atoms with van der Waals surface area (Å²) in [4.78, 5) is 22.8. The zero-order chi connectivity index (χ0) is 23.5. The maximum Gasteiger partial charge on any atom is 0.298 e. The zero-order valence-corrected chi connectivity index (χ0v) is 18.8. The molecule has 0 aliphatic carbocycles. The number of carbonyl (C=O) groups excluding carboxylic acids is 1. The Bertz CT molecular complexity index is 1360. The molecule has 1 unspecified atom stereocenters. The predicted octanol–water partition coefficient (Wildman–Crippen LogP) is 4.12. The number of ether oxygens (including phenoxy) is 1. The summed E-state index contributed by atoms with van der Waals surface area (Å²) in [5, 5.41) is 8.96. The van der Waals surface area contributed by atoms with E-state index >= 15 is 0 Å². The second kappa shape index (κ2) is 9.24. The highest BCUT2D eigenvalue weighted by Crippen LogP contribution is 2.35. The van der Waals surface area contributed by atoms with Gasteiger partial charge in [-0.2, -0.15) is 5.10 Å². The Balaban J connectivity index is 1.53. The van der Waals surface area contributed by atoms with Crippen molar-refractivity contribution >= 4 is 22.8 Å². The zero-order valence-electron chi connectivity index (χ0n) is 18.8. The third kappa shape index (κ3) is 4.04. The van der Waals surface area contributed by atoms with Crippen LogP contribution in [0, 0.1) is 12.3 Å². The summed E-state index contributed by atoms with van der Waals surface area (Å²) in [6.45, 7) is 1.16. The quantitative estimate of drug-likeness (QED) is 0.459. The van der Waals surface area contributed by atoms with Gasteiger partial charge in [0.25, 0.3) is 5.91 Å². The van der Waals surface area contributed by atoms with Gasteiger partial charge in [-0.05, 0) is 55.2 Å². The summed E-state index contributed by atoms with van der Waals surface area (Å²) in [6.07, 6.45) is 8.62. The van der Waals surface area contributed by atoms with Crippen molar-refractivity contribution < 1.29 is 9.53 Å². The summed E-state index contributed by atoms with van der Waals surface area (Å²) >= 11 is 0. The highest BCUT2D eigenvalue weighted by molar-refractivity contribution is 5.99. The molecule has 0 saturated carbocycles. The Morgan fingerprint density at radius 1 is 1.12 bits per heavy atom. The maximum absolute atomic E-state index is 12.1. The molecule has 1 aliphatic rings. The Hall–Kier alpha value is -4.38. The van der Waals surface area contributed by atoms with Crippen LogP contribution in [0.25, 0.3) is 22.3 Å². The van der Waals surface area contributed by atoms with E-state index in [1.807, 2.05) is 66.3 Å². The van der Waals surface area contributed by atoms with Gasteiger partial charge in [0.05, 0.1) is 11.4 Å². The van der Waals surface area contributed by atoms with Gasteiger partial charge in [0.15, 0.2) is 5.65 Å². The van der Waals surface area contributed by atoms with Crippen LogP contribution in [0.3, 0.4) is 0 Å². The molecular weight excluding hydrogens is 428 g/mol. The lowest BCUT2D eigenvalue weighted by atomic mass is 10.1. The van der Waals surface area contributed by atoms with Crippen molar-refractivity contribution in [2.45, 2.75) is 18.9 Å². The molecule has 34 heavy (non-hydrogen) atoms. The third-order valence-corrected chi connectivity index (χ3v) is 5.99. The van der Waals surface area contributed by atoms with Crippen LogP contribution in [-0.4, -0.2) is 50.7 Å². The van der Waals surface area contributed by atoms with Gasteiger partial charge in [-0.3, -0.25) is 4.79 Å². The molecule has 2 aromatic heterocycles. The van der Waals surface area contributed by atoms with E-state index in [0.717, 1.165) is 46.6 Å². The Morgan fingerprint density at radius 3 is 2.62 bits per heavy atom. The molecule has 0 radical (unpaired) electrons. The van der Waals surface area contributed by atoms with Crippen molar-refractivity contribution in [2.75, 3.05) is 25.5 Å². The SMILES string of the molecule is C#CC(=O)N1CCCC(n2nc(-c3ccc(Oc4ccccc4)cc3)c3c(NC)ncnc32)C1. The minimum Gasteiger partial charge on any atom is -0.457 e. The van der Waals surface area contributed by atoms with Crippen LogP contribution in [0.1, 0.15) is 18.9 Å². The summed E-state index contributed by atoms with van der Waals surface area (Å²) in [5.41, 5.74) is 2.41. The number of amides is 1. The molecule has 1 amide bonds. The van der Waals surface area contributed by atoms with Crippen LogP contribution in [0.4, 0.5) is 5.82 Å². The highest BCUT2D eigenvalue weighted by atomic mass is 16.5. The van der Waals surface area contributed by atoms with E-state index < -0.39 is 0 Å². The predicted molar refractivity (Wildman–Crippen MR) is 131 cm³/mol. The van der Waals surface area contributed by atoms with E-state index in [0.29, 0.717) is 18.9 Å². The van der Waals surface area contributed by atoms with E-state index in [4.69, 9.17) is 16.3 Å². The van der Waals surface area contributed by atoms with Crippen LogP contribution < -0.4 is 10.1 Å². The normalized spacial score (nSPS) is 15.6. The van der Waals surface area contributed by atoms with Crippen molar-refractivity contribution in [2.24, 2.45) is 0 Å². The van der Waals surface area contributed by atoms with Crippen LogP contribution in [-0.2, 0) is 4.79 Å². The van der Waals surface area contributed by atoms with Crippen LogP contribution >= 0.6 is 0 Å². The lowest BCUT2D eigenvalue weighted by Gasteiger charge is -2.31. The average Bonchev–Trinajstić information content (AvgIpc) is 3.29. The van der Waals surface area contributed by atoms with E-state index in [9.17, 15) is 4.79 Å². The number of hydrogen-bond donors (Lipinski definition) is 1. The molecular formula is C26H24N6O2. The second-order valence-electron chi connectivity index (χ2n) is 8.10. The first-order valence-corrected chi connectivity index (χ1v) is 11.2. The number of nitrogens with zero attached hydrogens (tertiary/aromatic N) is 5. The minimum atomic E-state index is -0.291. The molecule has 3 heterocycles. The summed E-state index contributed by atoms with van der Waals surface area (Å²) in [7, 11) is 1.83. The van der Waals surface area contributed by atoms with Crippen molar-refractivity contribution in [3.63, 3.8) is 0 Å². The van der Waals surface area contributed by atoms with Crippen molar-refractivity contribution in [3.8, 4) is 35.1 Å². The van der Waals surface area contributed by atoms with Crippen LogP contribution in [0.2, 0.25) is 0 Å². The van der Waals surface area contributed by atoms with Gasteiger partial charge in [-0.1, -0.05) is 18.2 Å². The van der Waals surface area contributed by atoms with Crippen LogP contribution in [0.15, 0.2) is 60.9 Å². The molecule has 5 rings (SSSR count). The molecule has 1 fully saturated rings. The monoisotopic (exact) mass is 452 g/mol. The van der Waals surface area contributed by atoms with Crippen molar-refractivity contribution in [1.82, 2.24) is 24.6 Å². The number of nitrogens with one attached hydrogen (secondary N) is 1. The number of carbonyl (C=O) groups is 1. The molecule has 8 nitrogen and oxygen atoms in total. The average molecular weight is 453 g/mol. The Labute approximate surface area is 197 Å². The topological polar surface area (TPSA) is 85.2 Å². The number of fused-ring (bicyclic) bond motifs is 1. The van der Waals surface area contributed by atoms with Gasteiger partial charge in [0, 0.05) is 25.7 Å². The standard InChI is InChI=1S/C26H24N6O2/c1-3-22(33)31-15-7-8-19(16-31)32-26-23(25(27-2)28-17-29-26)24(30-32)18-11-13-21(14-12-18)34-20-9-5-4-6-10-20/h1,4-6,9-14,17,19H,7-8,15-16H2,2H3,(H,27,28,29). The number of aromatic nitrogens is 4. The largest absolute Gasteiger partial charge is 0.457 e. The van der Waals surface area contributed by atoms with Gasteiger partial charge in [0.2, 0.25) is 0 Å². The number of rotatable bonds is 5. The summed E-state index contributed by atoms with van der Waals surface area (Å²) < 4.78 is 7.84. The molecule has 1 atom stereocenters. The summed E-state index contributed by atoms with van der Waals surface area (Å²) in [5.74, 6) is 4.14. The van der Waals surface area contributed by atoms with E-state index in [-0.39, 0.29) is 11.9 Å². The fourth-order valence-electron chi connectivity index (χ4n) is 4.35. The number of hydrogen-bond acceptors (Lipinski definition) is 6. The number of anilines is 1. The number of piperidine rings is 1. The van der Waals surface area contributed by atoms with E-state index in [2.05, 4.69) is 21.2 Å². The Kier molecular flexibility index (Phi) is 5.83. The molecule has 1 N–H and O–H groups in total. The number of benzene rings is 2. The first-order chi connectivity index (χ1) is 16.7.